The molecule has 60 heavy (non-hydrogen) atoms. The number of rotatable bonds is 7. The van der Waals surface area contributed by atoms with Gasteiger partial charge in [0.25, 0.3) is 0 Å². The third-order valence-electron chi connectivity index (χ3n) is 11.1. The molecular weight excluding hydrogens is 804 g/mol. The monoisotopic (exact) mass is 856 g/mol. The van der Waals surface area contributed by atoms with Gasteiger partial charge in [0.1, 0.15) is 42.1 Å². The highest BCUT2D eigenvalue weighted by atomic mass is 35.5. The lowest BCUT2D eigenvalue weighted by molar-refractivity contribution is -0.306. The lowest BCUT2D eigenvalue weighted by Gasteiger charge is -2.38. The van der Waals surface area contributed by atoms with E-state index in [2.05, 4.69) is 15.6 Å². The van der Waals surface area contributed by atoms with Crippen LogP contribution in [-0.2, 0) is 44.6 Å². The molecule has 2 aromatic carbocycles. The van der Waals surface area contributed by atoms with Crippen LogP contribution in [0.2, 0.25) is 5.02 Å². The van der Waals surface area contributed by atoms with Crippen molar-refractivity contribution in [2.24, 2.45) is 17.8 Å². The minimum atomic E-state index is -1.98. The number of H-pyrrole nitrogens is 1. The number of aliphatic hydroxyl groups excluding tert-OH is 3. The fourth-order valence-corrected chi connectivity index (χ4v) is 7.70. The number of allylic oxidation sites excluding steroid dienone is 1. The second-order valence-corrected chi connectivity index (χ2v) is 16.0. The van der Waals surface area contributed by atoms with Crippen molar-refractivity contribution in [3.63, 3.8) is 0 Å². The van der Waals surface area contributed by atoms with Crippen molar-refractivity contribution in [1.29, 1.82) is 0 Å². The van der Waals surface area contributed by atoms with E-state index in [1.807, 2.05) is 44.2 Å². The SMILES string of the molecule is CO[C@@H]1C(=O)O[C@H](C)[C@@H](C)/C=C(/C)C[C@H](C)C(=O)N[C@@H](C)C(=O)N(C)[C@H](Cc2c[nH]c3ccccc23)C(=O)NC1c1ccc(OC2OC(O)C(O)C(O)C2C(=O)O)c(Cl)c1. The molecule has 326 valence electrons. The molecule has 12 atom stereocenters. The molecule has 3 amide bonds. The predicted octanol–water partition coefficient (Wildman–Crippen LogP) is 2.60. The molecule has 0 saturated carbocycles. The van der Waals surface area contributed by atoms with Gasteiger partial charge in [0.2, 0.25) is 24.0 Å². The molecule has 7 N–H and O–H groups in total. The Hall–Kier alpha value is -5.04. The Morgan fingerprint density at radius 1 is 0.983 bits per heavy atom. The van der Waals surface area contributed by atoms with E-state index in [9.17, 15) is 44.4 Å². The van der Waals surface area contributed by atoms with Crippen LogP contribution in [-0.4, -0.2) is 123 Å². The van der Waals surface area contributed by atoms with E-state index >= 15 is 0 Å². The van der Waals surface area contributed by atoms with Crippen LogP contribution in [0.4, 0.5) is 0 Å². The van der Waals surface area contributed by atoms with Gasteiger partial charge in [0.05, 0.1) is 11.1 Å². The summed E-state index contributed by atoms with van der Waals surface area (Å²) in [6, 6.07) is 7.91. The molecule has 0 radical (unpaired) electrons. The zero-order chi connectivity index (χ0) is 44.2. The van der Waals surface area contributed by atoms with E-state index in [1.165, 1.54) is 37.3 Å². The Morgan fingerprint density at radius 2 is 1.68 bits per heavy atom. The highest BCUT2D eigenvalue weighted by Crippen LogP contribution is 2.35. The van der Waals surface area contributed by atoms with E-state index in [-0.39, 0.29) is 34.6 Å². The minimum Gasteiger partial charge on any atom is -0.481 e. The van der Waals surface area contributed by atoms with Crippen molar-refractivity contribution in [2.45, 2.75) is 103 Å². The predicted molar refractivity (Wildman–Crippen MR) is 216 cm³/mol. The summed E-state index contributed by atoms with van der Waals surface area (Å²) in [4.78, 5) is 72.6. The number of carboxylic acid groups (broad SMARTS) is 1. The fourth-order valence-electron chi connectivity index (χ4n) is 7.47. The van der Waals surface area contributed by atoms with Gasteiger partial charge in [-0.2, -0.15) is 0 Å². The number of nitrogens with one attached hydrogen (secondary N) is 3. The summed E-state index contributed by atoms with van der Waals surface area (Å²) < 4.78 is 22.5. The largest absolute Gasteiger partial charge is 0.481 e. The summed E-state index contributed by atoms with van der Waals surface area (Å²) in [5.41, 5.74) is 2.57. The van der Waals surface area contributed by atoms with Crippen LogP contribution in [0.1, 0.15) is 58.2 Å². The lowest BCUT2D eigenvalue weighted by atomic mass is 9.94. The number of halogens is 1. The Kier molecular flexibility index (Phi) is 15.0. The maximum Gasteiger partial charge on any atom is 0.338 e. The Morgan fingerprint density at radius 3 is 2.35 bits per heavy atom. The number of nitrogens with zero attached hydrogens (tertiary/aromatic N) is 1. The molecule has 3 aromatic rings. The van der Waals surface area contributed by atoms with Crippen molar-refractivity contribution in [1.82, 2.24) is 20.5 Å². The van der Waals surface area contributed by atoms with E-state index in [0.29, 0.717) is 12.0 Å². The minimum absolute atomic E-state index is 0.00851. The number of aliphatic carboxylic acids is 1. The number of hydrogen-bond donors (Lipinski definition) is 7. The second kappa shape index (κ2) is 19.6. The molecule has 0 spiro atoms. The molecular formula is C42H53ClN4O13. The number of carboxylic acids is 1. The number of aromatic amines is 1. The second-order valence-electron chi connectivity index (χ2n) is 15.6. The number of para-hydroxylation sites is 1. The van der Waals surface area contributed by atoms with Crippen molar-refractivity contribution in [2.75, 3.05) is 14.2 Å². The molecule has 1 aromatic heterocycles. The number of carbonyl (C=O) groups excluding carboxylic acids is 4. The number of fused-ring (bicyclic) bond motifs is 1. The smallest absolute Gasteiger partial charge is 0.338 e. The molecule has 18 heteroatoms. The van der Waals surface area contributed by atoms with E-state index in [0.717, 1.165) is 16.5 Å². The topological polar surface area (TPSA) is 246 Å². The maximum atomic E-state index is 14.7. The molecule has 6 unspecified atom stereocenters. The number of likely N-dealkylation sites (N-methyl/N-ethyl adjacent to an activating group) is 1. The third kappa shape index (κ3) is 10.3. The van der Waals surface area contributed by atoms with Gasteiger partial charge in [-0.05, 0) is 56.5 Å². The van der Waals surface area contributed by atoms with Crippen LogP contribution in [0.5, 0.6) is 5.75 Å². The van der Waals surface area contributed by atoms with Crippen LogP contribution in [0.25, 0.3) is 10.9 Å². The van der Waals surface area contributed by atoms with Gasteiger partial charge in [0, 0.05) is 49.5 Å². The van der Waals surface area contributed by atoms with Gasteiger partial charge in [-0.3, -0.25) is 19.2 Å². The maximum absolute atomic E-state index is 14.7. The Bertz CT molecular complexity index is 2090. The van der Waals surface area contributed by atoms with Crippen molar-refractivity contribution >= 4 is 52.2 Å². The fraction of sp³-hybridized carbons (Fsp3) is 0.500. The number of hydrogen-bond acceptors (Lipinski definition) is 12. The third-order valence-corrected chi connectivity index (χ3v) is 11.4. The standard InChI is InChI=1S/C42H53ClN4O13/c1-19-14-20(2)23(5)58-41(56)35(57-7)32(24-12-13-30(27(43)16-24)59-42-31(39(53)54)33(48)34(49)40(55)60-42)46-37(51)29(17-25-18-44-28-11-9-8-10-26(25)28)47(6)38(52)22(4)45-36(50)21(3)15-19/h8-14,16,18,20-23,29,31-35,40,42,44,48-49,55H,15,17H2,1-7H3,(H,45,50)(H,46,51)(H,53,54)/b19-14-/t20-,21-,22-,23+,29+,31?,32?,33?,34?,35-,40?,42?/m0/s1. The van der Waals surface area contributed by atoms with E-state index in [1.54, 1.807) is 27.0 Å². The number of aromatic nitrogens is 1. The number of esters is 1. The van der Waals surface area contributed by atoms with Crippen LogP contribution in [0, 0.1) is 17.8 Å². The van der Waals surface area contributed by atoms with Gasteiger partial charge in [0.15, 0.2) is 12.4 Å². The van der Waals surface area contributed by atoms with Gasteiger partial charge < -0.3 is 59.9 Å². The van der Waals surface area contributed by atoms with Gasteiger partial charge >= 0.3 is 11.9 Å². The van der Waals surface area contributed by atoms with Gasteiger partial charge in [-0.25, -0.2) is 4.79 Å². The number of cyclic esters (lactones) is 1. The normalized spacial score (nSPS) is 32.5. The van der Waals surface area contributed by atoms with Crippen LogP contribution >= 0.6 is 11.6 Å². The molecule has 2 aliphatic heterocycles. The summed E-state index contributed by atoms with van der Waals surface area (Å²) in [5, 5.41) is 46.6. The zero-order valence-corrected chi connectivity index (χ0v) is 35.1. The summed E-state index contributed by atoms with van der Waals surface area (Å²) in [6.07, 6.45) is -5.84. The van der Waals surface area contributed by atoms with Gasteiger partial charge in [-0.15, -0.1) is 0 Å². The number of ether oxygens (including phenoxy) is 4. The summed E-state index contributed by atoms with van der Waals surface area (Å²) in [5.74, 6) is -6.86. The molecule has 3 heterocycles. The quantitative estimate of drug-likeness (QED) is 0.134. The summed E-state index contributed by atoms with van der Waals surface area (Å²) >= 11 is 6.69. The van der Waals surface area contributed by atoms with Gasteiger partial charge in [-0.1, -0.05) is 61.4 Å². The molecule has 5 rings (SSSR count). The van der Waals surface area contributed by atoms with Crippen LogP contribution < -0.4 is 15.4 Å². The molecule has 2 aliphatic rings. The Labute approximate surface area is 351 Å². The molecule has 17 nitrogen and oxygen atoms in total. The van der Waals surface area contributed by atoms with Crippen LogP contribution in [0.3, 0.4) is 0 Å². The Balaban J connectivity index is 1.58. The number of carbonyl (C=O) groups is 5. The first-order chi connectivity index (χ1) is 28.3. The first-order valence-electron chi connectivity index (χ1n) is 19.5. The van der Waals surface area contributed by atoms with Crippen molar-refractivity contribution in [3.05, 3.63) is 76.5 Å². The lowest BCUT2D eigenvalue weighted by Crippen LogP contribution is -2.58. The molecule has 1 saturated heterocycles. The van der Waals surface area contributed by atoms with E-state index < -0.39 is 90.7 Å². The average molecular weight is 857 g/mol. The highest BCUT2D eigenvalue weighted by Gasteiger charge is 2.49. The molecule has 0 bridgehead atoms. The number of amides is 3. The van der Waals surface area contributed by atoms with Crippen molar-refractivity contribution < 1.29 is 63.3 Å². The average Bonchev–Trinajstić information content (AvgIpc) is 3.61. The summed E-state index contributed by atoms with van der Waals surface area (Å²) in [7, 11) is 2.71. The van der Waals surface area contributed by atoms with Crippen LogP contribution in [0.15, 0.2) is 60.3 Å². The molecule has 1 fully saturated rings. The highest BCUT2D eigenvalue weighted by molar-refractivity contribution is 6.32. The first kappa shape index (κ1) is 46.0. The number of benzene rings is 2. The number of methoxy groups -OCH3 is 1. The number of aliphatic hydroxyl groups is 3. The molecule has 0 aliphatic carbocycles. The van der Waals surface area contributed by atoms with Crippen molar-refractivity contribution in [3.8, 4) is 5.75 Å². The first-order valence-corrected chi connectivity index (χ1v) is 19.9. The summed E-state index contributed by atoms with van der Waals surface area (Å²) in [6.45, 7) is 8.70. The zero-order valence-electron chi connectivity index (χ0n) is 34.3. The van der Waals surface area contributed by atoms with E-state index in [4.69, 9.17) is 30.5 Å².